The Labute approximate surface area is 204 Å². The smallest absolute Gasteiger partial charge is 0.312 e. The molecule has 1 aromatic carbocycles. The minimum atomic E-state index is -1.16. The molecule has 3 saturated carbocycles. The molecule has 3 fully saturated rings. The standard InChI is InChI=1S/C24H22ClF2N5O3/c1-13(15-5-3-4-6-16(15)25)35-19(33)8-18-21(30-31-32(18)2)20-17(26)7-14(9-28-20)22(34)29-24-10-23(27,11-24)12-24/h3-7,9,13H,8,10-12H2,1-2H3,(H,29,34)/t13-,23?,24?/m1/s1. The van der Waals surface area contributed by atoms with E-state index in [0.717, 1.165) is 6.07 Å². The molecular formula is C24H22ClF2N5O3. The molecule has 35 heavy (non-hydrogen) atoms. The number of pyridine rings is 1. The Bertz CT molecular complexity index is 1320. The summed E-state index contributed by atoms with van der Waals surface area (Å²) in [7, 11) is 1.57. The van der Waals surface area contributed by atoms with Gasteiger partial charge in [-0.1, -0.05) is 35.0 Å². The summed E-state index contributed by atoms with van der Waals surface area (Å²) in [6, 6.07) is 8.08. The van der Waals surface area contributed by atoms with Crippen molar-refractivity contribution in [2.24, 2.45) is 7.05 Å². The van der Waals surface area contributed by atoms with Crippen LogP contribution in [-0.4, -0.2) is 43.1 Å². The van der Waals surface area contributed by atoms with Crippen LogP contribution >= 0.6 is 11.6 Å². The van der Waals surface area contributed by atoms with Crippen molar-refractivity contribution in [2.75, 3.05) is 0 Å². The predicted octanol–water partition coefficient (Wildman–Crippen LogP) is 3.89. The van der Waals surface area contributed by atoms with Gasteiger partial charge in [-0.25, -0.2) is 8.78 Å². The van der Waals surface area contributed by atoms with E-state index >= 15 is 0 Å². The molecule has 0 aliphatic heterocycles. The lowest BCUT2D eigenvalue weighted by Crippen LogP contribution is -2.76. The highest BCUT2D eigenvalue weighted by molar-refractivity contribution is 6.31. The summed E-state index contributed by atoms with van der Waals surface area (Å²) >= 11 is 6.17. The van der Waals surface area contributed by atoms with Crippen molar-refractivity contribution < 1.29 is 23.1 Å². The van der Waals surface area contributed by atoms with Gasteiger partial charge >= 0.3 is 5.97 Å². The summed E-state index contributed by atoms with van der Waals surface area (Å²) in [5.74, 6) is -1.89. The summed E-state index contributed by atoms with van der Waals surface area (Å²) in [5, 5.41) is 11.1. The molecule has 182 valence electrons. The maximum Gasteiger partial charge on any atom is 0.312 e. The maximum atomic E-state index is 15.0. The zero-order valence-corrected chi connectivity index (χ0v) is 19.8. The molecule has 3 aliphatic rings. The van der Waals surface area contributed by atoms with Crippen LogP contribution in [0.3, 0.4) is 0 Å². The number of amides is 1. The number of hydrogen-bond acceptors (Lipinski definition) is 6. The molecule has 0 spiro atoms. The summed E-state index contributed by atoms with van der Waals surface area (Å²) in [6.07, 6.45) is 1.25. The van der Waals surface area contributed by atoms with Crippen LogP contribution in [0.5, 0.6) is 0 Å². The second kappa shape index (κ2) is 8.37. The summed E-state index contributed by atoms with van der Waals surface area (Å²) in [5.41, 5.74) is -0.791. The highest BCUT2D eigenvalue weighted by Gasteiger charge is 2.69. The van der Waals surface area contributed by atoms with Gasteiger partial charge in [0.1, 0.15) is 23.2 Å². The van der Waals surface area contributed by atoms with Gasteiger partial charge in [-0.3, -0.25) is 19.3 Å². The van der Waals surface area contributed by atoms with E-state index in [2.05, 4.69) is 20.6 Å². The molecule has 8 nitrogen and oxygen atoms in total. The van der Waals surface area contributed by atoms with E-state index in [4.69, 9.17) is 16.3 Å². The highest BCUT2D eigenvalue weighted by Crippen LogP contribution is 2.62. The van der Waals surface area contributed by atoms with Gasteiger partial charge in [-0.15, -0.1) is 5.10 Å². The summed E-state index contributed by atoms with van der Waals surface area (Å²) in [6.45, 7) is 1.70. The first-order chi connectivity index (χ1) is 16.6. The van der Waals surface area contributed by atoms with Crippen molar-refractivity contribution in [2.45, 2.75) is 49.9 Å². The van der Waals surface area contributed by atoms with Gasteiger partial charge in [0.25, 0.3) is 5.91 Å². The molecule has 6 rings (SSSR count). The van der Waals surface area contributed by atoms with Crippen LogP contribution in [0, 0.1) is 5.82 Å². The van der Waals surface area contributed by atoms with Crippen LogP contribution in [-0.2, 0) is 23.0 Å². The molecule has 3 aromatic rings. The van der Waals surface area contributed by atoms with Crippen molar-refractivity contribution in [3.63, 3.8) is 0 Å². The van der Waals surface area contributed by atoms with Crippen LogP contribution < -0.4 is 5.32 Å². The van der Waals surface area contributed by atoms with E-state index in [1.54, 1.807) is 38.2 Å². The van der Waals surface area contributed by atoms with Crippen LogP contribution in [0.4, 0.5) is 8.78 Å². The van der Waals surface area contributed by atoms with Crippen molar-refractivity contribution in [3.8, 4) is 11.4 Å². The van der Waals surface area contributed by atoms with Crippen LogP contribution in [0.1, 0.15) is 53.9 Å². The van der Waals surface area contributed by atoms with Crippen molar-refractivity contribution in [3.05, 3.63) is 64.2 Å². The molecule has 0 saturated heterocycles. The number of nitrogens with one attached hydrogen (secondary N) is 1. The Morgan fingerprint density at radius 3 is 2.63 bits per heavy atom. The number of nitrogens with zero attached hydrogens (tertiary/aromatic N) is 4. The van der Waals surface area contributed by atoms with Gasteiger partial charge in [-0.05, 0) is 19.1 Å². The Morgan fingerprint density at radius 2 is 1.97 bits per heavy atom. The number of aryl methyl sites for hydroxylation is 1. The maximum absolute atomic E-state index is 15.0. The highest BCUT2D eigenvalue weighted by atomic mass is 35.5. The molecule has 2 bridgehead atoms. The lowest BCUT2D eigenvalue weighted by Gasteiger charge is -2.65. The molecule has 2 aromatic heterocycles. The molecule has 1 amide bonds. The molecule has 11 heteroatoms. The second-order valence-corrected chi connectivity index (χ2v) is 9.72. The predicted molar refractivity (Wildman–Crippen MR) is 122 cm³/mol. The van der Waals surface area contributed by atoms with Gasteiger partial charge in [0.15, 0.2) is 5.82 Å². The number of benzene rings is 1. The lowest BCUT2D eigenvalue weighted by atomic mass is 9.47. The molecule has 1 N–H and O–H groups in total. The van der Waals surface area contributed by atoms with Crippen molar-refractivity contribution in [1.82, 2.24) is 25.3 Å². The molecule has 0 unspecified atom stereocenters. The van der Waals surface area contributed by atoms with Gasteiger partial charge in [0.2, 0.25) is 0 Å². The summed E-state index contributed by atoms with van der Waals surface area (Å²) in [4.78, 5) is 29.2. The number of alkyl halides is 1. The SMILES string of the molecule is C[C@@H](OC(=O)Cc1c(-c2ncc(C(=O)NC34CC(F)(C3)C4)cc2F)nnn1C)c1ccccc1Cl. The molecule has 0 radical (unpaired) electrons. The number of aromatic nitrogens is 4. The van der Waals surface area contributed by atoms with E-state index in [1.807, 2.05) is 0 Å². The Morgan fingerprint density at radius 1 is 1.26 bits per heavy atom. The first kappa shape index (κ1) is 23.3. The number of rotatable bonds is 7. The molecule has 2 heterocycles. The normalized spacial score (nSPS) is 23.1. The van der Waals surface area contributed by atoms with E-state index in [-0.39, 0.29) is 42.6 Å². The minimum absolute atomic E-state index is 0.0160. The Hall–Kier alpha value is -3.40. The van der Waals surface area contributed by atoms with Crippen molar-refractivity contribution in [1.29, 1.82) is 0 Å². The van der Waals surface area contributed by atoms with E-state index < -0.39 is 35.0 Å². The third-order valence-corrected chi connectivity index (χ3v) is 6.92. The van der Waals surface area contributed by atoms with E-state index in [0.29, 0.717) is 16.3 Å². The fourth-order valence-corrected chi connectivity index (χ4v) is 5.14. The largest absolute Gasteiger partial charge is 0.457 e. The van der Waals surface area contributed by atoms with Gasteiger partial charge in [0.05, 0.1) is 17.7 Å². The quantitative estimate of drug-likeness (QED) is 0.493. The number of carbonyl (C=O) groups excluding carboxylic acids is 2. The zero-order valence-electron chi connectivity index (χ0n) is 19.0. The van der Waals surface area contributed by atoms with Gasteiger partial charge < -0.3 is 10.1 Å². The van der Waals surface area contributed by atoms with Crippen LogP contribution in [0.25, 0.3) is 11.4 Å². The number of ether oxygens (including phenoxy) is 1. The zero-order chi connectivity index (χ0) is 25.0. The second-order valence-electron chi connectivity index (χ2n) is 9.31. The Kier molecular flexibility index (Phi) is 5.58. The molecule has 3 aliphatic carbocycles. The lowest BCUT2D eigenvalue weighted by molar-refractivity contribution is -0.162. The van der Waals surface area contributed by atoms with E-state index in [9.17, 15) is 18.4 Å². The number of carbonyl (C=O) groups is 2. The average Bonchev–Trinajstić information content (AvgIpc) is 3.11. The average molecular weight is 502 g/mol. The number of esters is 1. The topological polar surface area (TPSA) is 99.0 Å². The number of halogens is 3. The van der Waals surface area contributed by atoms with E-state index in [1.165, 1.54) is 10.9 Å². The first-order valence-corrected chi connectivity index (χ1v) is 11.5. The first-order valence-electron chi connectivity index (χ1n) is 11.1. The minimum Gasteiger partial charge on any atom is -0.457 e. The monoisotopic (exact) mass is 501 g/mol. The van der Waals surface area contributed by atoms with Crippen LogP contribution in [0.2, 0.25) is 5.02 Å². The fourth-order valence-electron chi connectivity index (χ4n) is 4.85. The molecule has 1 atom stereocenters. The Balaban J connectivity index is 1.30. The fraction of sp³-hybridized carbons (Fsp3) is 0.375. The third kappa shape index (κ3) is 4.27. The van der Waals surface area contributed by atoms with Crippen LogP contribution in [0.15, 0.2) is 36.5 Å². The van der Waals surface area contributed by atoms with Crippen molar-refractivity contribution >= 4 is 23.5 Å². The van der Waals surface area contributed by atoms with Gasteiger partial charge in [0, 0.05) is 48.6 Å². The molecular weight excluding hydrogens is 480 g/mol. The number of hydrogen-bond donors (Lipinski definition) is 1. The van der Waals surface area contributed by atoms with Gasteiger partial charge in [-0.2, -0.15) is 0 Å². The third-order valence-electron chi connectivity index (χ3n) is 6.58. The summed E-state index contributed by atoms with van der Waals surface area (Å²) < 4.78 is 35.5.